The van der Waals surface area contributed by atoms with E-state index in [0.717, 1.165) is 63.2 Å². The molecule has 0 bridgehead atoms. The number of aliphatic carboxylic acids is 1. The molecule has 8 atom stereocenters. The molecule has 0 amide bonds. The molecule has 0 aromatic heterocycles. The van der Waals surface area contributed by atoms with Gasteiger partial charge in [0.2, 0.25) is 0 Å². The van der Waals surface area contributed by atoms with Crippen LogP contribution >= 0.6 is 0 Å². The SMILES string of the molecule is O=C(O)C1CCC2CC(C(=O)OCC3CCC4CC(CO)CCC4C3)CCC2C1. The summed E-state index contributed by atoms with van der Waals surface area (Å²) in [6.07, 6.45) is 12.4. The van der Waals surface area contributed by atoms with Crippen molar-refractivity contribution in [2.45, 2.75) is 77.0 Å². The number of esters is 1. The van der Waals surface area contributed by atoms with Crippen molar-refractivity contribution in [1.29, 1.82) is 0 Å². The molecule has 4 saturated carbocycles. The highest BCUT2D eigenvalue weighted by molar-refractivity contribution is 5.72. The van der Waals surface area contributed by atoms with Crippen molar-refractivity contribution in [3.05, 3.63) is 0 Å². The van der Waals surface area contributed by atoms with E-state index in [9.17, 15) is 19.8 Å². The molecule has 0 aliphatic heterocycles. The summed E-state index contributed by atoms with van der Waals surface area (Å²) in [6.45, 7) is 0.918. The van der Waals surface area contributed by atoms with E-state index < -0.39 is 5.97 Å². The van der Waals surface area contributed by atoms with Crippen molar-refractivity contribution in [3.63, 3.8) is 0 Å². The minimum atomic E-state index is -0.649. The van der Waals surface area contributed by atoms with Crippen LogP contribution in [0.2, 0.25) is 0 Å². The molecule has 29 heavy (non-hydrogen) atoms. The summed E-state index contributed by atoms with van der Waals surface area (Å²) in [5.74, 6) is 2.72. The van der Waals surface area contributed by atoms with Gasteiger partial charge in [0.05, 0.1) is 18.4 Å². The highest BCUT2D eigenvalue weighted by Crippen LogP contribution is 2.46. The summed E-state index contributed by atoms with van der Waals surface area (Å²) in [4.78, 5) is 24.0. The van der Waals surface area contributed by atoms with Gasteiger partial charge in [0, 0.05) is 6.61 Å². The number of aliphatic hydroxyl groups is 1. The Morgan fingerprint density at radius 3 is 1.86 bits per heavy atom. The number of fused-ring (bicyclic) bond motifs is 2. The lowest BCUT2D eigenvalue weighted by Gasteiger charge is -2.42. The number of hydrogen-bond acceptors (Lipinski definition) is 4. The maximum absolute atomic E-state index is 12.7. The Labute approximate surface area is 174 Å². The van der Waals surface area contributed by atoms with E-state index >= 15 is 0 Å². The van der Waals surface area contributed by atoms with Crippen molar-refractivity contribution >= 4 is 11.9 Å². The molecule has 4 rings (SSSR count). The lowest BCUT2D eigenvalue weighted by molar-refractivity contribution is -0.154. The van der Waals surface area contributed by atoms with Crippen molar-refractivity contribution in [1.82, 2.24) is 0 Å². The van der Waals surface area contributed by atoms with Crippen molar-refractivity contribution in [2.24, 2.45) is 47.3 Å². The first-order valence-corrected chi connectivity index (χ1v) is 12.0. The molecule has 4 fully saturated rings. The number of carbonyl (C=O) groups is 2. The summed E-state index contributed by atoms with van der Waals surface area (Å²) in [5, 5.41) is 18.7. The van der Waals surface area contributed by atoms with Crippen LogP contribution in [0.1, 0.15) is 77.0 Å². The Hall–Kier alpha value is -1.10. The zero-order chi connectivity index (χ0) is 20.4. The molecular formula is C24H38O5. The van der Waals surface area contributed by atoms with Crippen LogP contribution in [0.15, 0.2) is 0 Å². The van der Waals surface area contributed by atoms with E-state index in [1.54, 1.807) is 0 Å². The predicted molar refractivity (Wildman–Crippen MR) is 109 cm³/mol. The number of carboxylic acids is 1. The second kappa shape index (κ2) is 9.36. The molecule has 164 valence electrons. The van der Waals surface area contributed by atoms with Crippen LogP contribution in [-0.2, 0) is 14.3 Å². The van der Waals surface area contributed by atoms with E-state index in [4.69, 9.17) is 4.74 Å². The van der Waals surface area contributed by atoms with Gasteiger partial charge in [-0.1, -0.05) is 0 Å². The van der Waals surface area contributed by atoms with Gasteiger partial charge < -0.3 is 14.9 Å². The Balaban J connectivity index is 1.20. The fourth-order valence-electron chi connectivity index (χ4n) is 7.05. The second-order valence-electron chi connectivity index (χ2n) is 10.6. The van der Waals surface area contributed by atoms with Crippen LogP contribution in [0.4, 0.5) is 0 Å². The van der Waals surface area contributed by atoms with Gasteiger partial charge in [-0.25, -0.2) is 0 Å². The molecule has 0 saturated heterocycles. The fraction of sp³-hybridized carbons (Fsp3) is 0.917. The molecule has 4 aliphatic carbocycles. The van der Waals surface area contributed by atoms with E-state index in [1.165, 1.54) is 25.7 Å². The molecule has 2 N–H and O–H groups in total. The van der Waals surface area contributed by atoms with Gasteiger partial charge in [-0.05, 0) is 113 Å². The third-order valence-electron chi connectivity index (χ3n) is 8.85. The van der Waals surface area contributed by atoms with Crippen LogP contribution in [-0.4, -0.2) is 35.4 Å². The van der Waals surface area contributed by atoms with Gasteiger partial charge in [0.1, 0.15) is 0 Å². The van der Waals surface area contributed by atoms with Crippen molar-refractivity contribution in [3.8, 4) is 0 Å². The number of hydrogen-bond donors (Lipinski definition) is 2. The molecule has 5 heteroatoms. The van der Waals surface area contributed by atoms with Gasteiger partial charge in [-0.3, -0.25) is 9.59 Å². The monoisotopic (exact) mass is 406 g/mol. The van der Waals surface area contributed by atoms with Crippen LogP contribution in [0.5, 0.6) is 0 Å². The standard InChI is InChI=1S/C24H38O5/c25-13-15-1-3-18-10-16(2-4-17(18)9-15)14-29-24(28)22-8-6-19-11-21(23(26)27)7-5-20(19)12-22/h15-22,25H,1-14H2,(H,26,27). The molecule has 0 radical (unpaired) electrons. The summed E-state index contributed by atoms with van der Waals surface area (Å²) in [7, 11) is 0. The molecule has 5 nitrogen and oxygen atoms in total. The zero-order valence-corrected chi connectivity index (χ0v) is 17.6. The van der Waals surface area contributed by atoms with Crippen LogP contribution in [0.25, 0.3) is 0 Å². The molecule has 0 aromatic carbocycles. The lowest BCUT2D eigenvalue weighted by Crippen LogP contribution is -2.37. The molecule has 4 aliphatic rings. The van der Waals surface area contributed by atoms with E-state index in [1.807, 2.05) is 0 Å². The number of carboxylic acid groups (broad SMARTS) is 1. The summed E-state index contributed by atoms with van der Waals surface area (Å²) in [6, 6.07) is 0. The number of aliphatic hydroxyl groups excluding tert-OH is 1. The third kappa shape index (κ3) is 4.98. The first-order valence-electron chi connectivity index (χ1n) is 12.0. The van der Waals surface area contributed by atoms with E-state index in [-0.39, 0.29) is 17.8 Å². The van der Waals surface area contributed by atoms with Crippen molar-refractivity contribution < 1.29 is 24.5 Å². The minimum absolute atomic E-state index is 0.00470. The van der Waals surface area contributed by atoms with E-state index in [0.29, 0.717) is 36.9 Å². The topological polar surface area (TPSA) is 83.8 Å². The van der Waals surface area contributed by atoms with Gasteiger partial charge in [0.15, 0.2) is 0 Å². The molecule has 8 unspecified atom stereocenters. The third-order valence-corrected chi connectivity index (χ3v) is 8.85. The van der Waals surface area contributed by atoms with E-state index in [2.05, 4.69) is 0 Å². The summed E-state index contributed by atoms with van der Waals surface area (Å²) in [5.41, 5.74) is 0. The Morgan fingerprint density at radius 2 is 1.21 bits per heavy atom. The van der Waals surface area contributed by atoms with Gasteiger partial charge in [0.25, 0.3) is 0 Å². The Bertz CT molecular complexity index is 590. The minimum Gasteiger partial charge on any atom is -0.481 e. The molecule has 0 aromatic rings. The van der Waals surface area contributed by atoms with Crippen molar-refractivity contribution in [2.75, 3.05) is 13.2 Å². The lowest BCUT2D eigenvalue weighted by atomic mass is 9.65. The first-order chi connectivity index (χ1) is 14.0. The molecule has 0 heterocycles. The fourth-order valence-corrected chi connectivity index (χ4v) is 7.05. The Kier molecular flexibility index (Phi) is 6.83. The smallest absolute Gasteiger partial charge is 0.308 e. The van der Waals surface area contributed by atoms with Gasteiger partial charge in [-0.15, -0.1) is 0 Å². The number of carbonyl (C=O) groups excluding carboxylic acids is 1. The first kappa shape index (κ1) is 21.1. The number of ether oxygens (including phenoxy) is 1. The highest BCUT2D eigenvalue weighted by Gasteiger charge is 2.40. The van der Waals surface area contributed by atoms with Crippen LogP contribution in [0.3, 0.4) is 0 Å². The maximum atomic E-state index is 12.7. The average Bonchev–Trinajstić information content (AvgIpc) is 2.76. The van der Waals surface area contributed by atoms with Crippen LogP contribution in [0, 0.1) is 47.3 Å². The number of rotatable bonds is 5. The van der Waals surface area contributed by atoms with Gasteiger partial charge in [-0.2, -0.15) is 0 Å². The maximum Gasteiger partial charge on any atom is 0.308 e. The zero-order valence-electron chi connectivity index (χ0n) is 17.6. The Morgan fingerprint density at radius 1 is 0.690 bits per heavy atom. The largest absolute Gasteiger partial charge is 0.481 e. The molecular weight excluding hydrogens is 368 g/mol. The predicted octanol–water partition coefficient (Wildman–Crippen LogP) is 4.27. The molecule has 0 spiro atoms. The summed E-state index contributed by atoms with van der Waals surface area (Å²) < 4.78 is 5.81. The normalized spacial score (nSPS) is 42.4. The quantitative estimate of drug-likeness (QED) is 0.666. The second-order valence-corrected chi connectivity index (χ2v) is 10.6. The highest BCUT2D eigenvalue weighted by atomic mass is 16.5. The summed E-state index contributed by atoms with van der Waals surface area (Å²) >= 11 is 0. The van der Waals surface area contributed by atoms with Gasteiger partial charge >= 0.3 is 11.9 Å². The van der Waals surface area contributed by atoms with Crippen LogP contribution < -0.4 is 0 Å². The average molecular weight is 407 g/mol.